The summed E-state index contributed by atoms with van der Waals surface area (Å²) in [7, 11) is 1.67. The highest BCUT2D eigenvalue weighted by atomic mass is 19.4. The highest BCUT2D eigenvalue weighted by molar-refractivity contribution is 5.83. The molecular formula is C20H20F4N2O. The molecule has 1 fully saturated rings. The second kappa shape index (κ2) is 7.68. The van der Waals surface area contributed by atoms with Crippen LogP contribution in [0.3, 0.4) is 0 Å². The number of amides is 1. The molecule has 0 bridgehead atoms. The van der Waals surface area contributed by atoms with Gasteiger partial charge in [0.25, 0.3) is 0 Å². The Morgan fingerprint density at radius 1 is 1.19 bits per heavy atom. The number of benzene rings is 2. The standard InChI is InChI=1S/C20H20F4N2O/c1-26(12-13-3-2-4-15(11-13)20(22,23)24)18(19(27)25-17-9-10-17)14-5-7-16(21)8-6-14/h2-8,11,17-18H,9-10,12H2,1H3,(H,25,27). The Balaban J connectivity index is 1.83. The zero-order chi connectivity index (χ0) is 19.6. The van der Waals surface area contributed by atoms with Gasteiger partial charge in [-0.2, -0.15) is 13.2 Å². The van der Waals surface area contributed by atoms with Crippen molar-refractivity contribution in [2.24, 2.45) is 0 Å². The molecule has 1 atom stereocenters. The van der Waals surface area contributed by atoms with Crippen LogP contribution in [0.5, 0.6) is 0 Å². The smallest absolute Gasteiger partial charge is 0.352 e. The molecule has 0 radical (unpaired) electrons. The van der Waals surface area contributed by atoms with Gasteiger partial charge >= 0.3 is 6.18 Å². The second-order valence-electron chi connectivity index (χ2n) is 6.85. The second-order valence-corrected chi connectivity index (χ2v) is 6.85. The van der Waals surface area contributed by atoms with E-state index in [1.165, 1.54) is 30.3 Å². The van der Waals surface area contributed by atoms with E-state index in [-0.39, 0.29) is 18.5 Å². The highest BCUT2D eigenvalue weighted by Gasteiger charge is 2.32. The predicted molar refractivity (Wildman–Crippen MR) is 93.2 cm³/mol. The molecule has 144 valence electrons. The number of likely N-dealkylation sites (N-methyl/N-ethyl adjacent to an activating group) is 1. The van der Waals surface area contributed by atoms with Crippen LogP contribution in [-0.4, -0.2) is 23.9 Å². The lowest BCUT2D eigenvalue weighted by Crippen LogP contribution is -2.39. The van der Waals surface area contributed by atoms with Gasteiger partial charge in [-0.05, 0) is 49.2 Å². The van der Waals surface area contributed by atoms with Crippen molar-refractivity contribution >= 4 is 5.91 Å². The third kappa shape index (κ3) is 5.07. The van der Waals surface area contributed by atoms with E-state index in [1.54, 1.807) is 18.0 Å². The molecule has 27 heavy (non-hydrogen) atoms. The Morgan fingerprint density at radius 3 is 2.44 bits per heavy atom. The van der Waals surface area contributed by atoms with Gasteiger partial charge in [-0.25, -0.2) is 4.39 Å². The molecule has 0 aromatic heterocycles. The zero-order valence-corrected chi connectivity index (χ0v) is 14.8. The Hall–Kier alpha value is -2.41. The van der Waals surface area contributed by atoms with Crippen LogP contribution in [0.1, 0.15) is 35.6 Å². The van der Waals surface area contributed by atoms with Gasteiger partial charge in [-0.1, -0.05) is 30.3 Å². The quantitative estimate of drug-likeness (QED) is 0.758. The summed E-state index contributed by atoms with van der Waals surface area (Å²) in [4.78, 5) is 14.4. The summed E-state index contributed by atoms with van der Waals surface area (Å²) in [5, 5.41) is 2.92. The van der Waals surface area contributed by atoms with Gasteiger partial charge in [0.1, 0.15) is 11.9 Å². The first-order valence-corrected chi connectivity index (χ1v) is 8.66. The number of rotatable bonds is 6. The molecule has 1 aliphatic carbocycles. The van der Waals surface area contributed by atoms with E-state index in [2.05, 4.69) is 5.32 Å². The number of nitrogens with one attached hydrogen (secondary N) is 1. The average molecular weight is 380 g/mol. The number of nitrogens with zero attached hydrogens (tertiary/aromatic N) is 1. The van der Waals surface area contributed by atoms with Crippen molar-refractivity contribution in [1.29, 1.82) is 0 Å². The Labute approximate surface area is 155 Å². The van der Waals surface area contributed by atoms with Gasteiger partial charge in [0.2, 0.25) is 5.91 Å². The molecule has 2 aromatic carbocycles. The van der Waals surface area contributed by atoms with Gasteiger partial charge in [0.05, 0.1) is 5.56 Å². The normalized spacial score (nSPS) is 15.6. The van der Waals surface area contributed by atoms with Crippen LogP contribution in [0.4, 0.5) is 17.6 Å². The van der Waals surface area contributed by atoms with Crippen molar-refractivity contribution in [3.05, 3.63) is 71.0 Å². The minimum Gasteiger partial charge on any atom is -0.352 e. The molecule has 7 heteroatoms. The summed E-state index contributed by atoms with van der Waals surface area (Å²) in [6.45, 7) is 0.143. The Kier molecular flexibility index (Phi) is 5.51. The summed E-state index contributed by atoms with van der Waals surface area (Å²) in [6, 6.07) is 10.0. The molecule has 0 aliphatic heterocycles. The monoisotopic (exact) mass is 380 g/mol. The first-order valence-electron chi connectivity index (χ1n) is 8.66. The molecule has 3 nitrogen and oxygen atoms in total. The molecule has 1 unspecified atom stereocenters. The molecule has 1 amide bonds. The average Bonchev–Trinajstić information content (AvgIpc) is 3.40. The molecular weight excluding hydrogens is 360 g/mol. The van der Waals surface area contributed by atoms with Crippen LogP contribution in [0.15, 0.2) is 48.5 Å². The van der Waals surface area contributed by atoms with E-state index in [0.29, 0.717) is 11.1 Å². The van der Waals surface area contributed by atoms with E-state index in [9.17, 15) is 22.4 Å². The molecule has 0 spiro atoms. The molecule has 1 aliphatic rings. The van der Waals surface area contributed by atoms with E-state index < -0.39 is 23.6 Å². The topological polar surface area (TPSA) is 32.3 Å². The fourth-order valence-electron chi connectivity index (χ4n) is 2.98. The molecule has 1 saturated carbocycles. The number of carbonyl (C=O) groups is 1. The minimum atomic E-state index is -4.42. The third-order valence-electron chi connectivity index (χ3n) is 4.48. The SMILES string of the molecule is CN(Cc1cccc(C(F)(F)F)c1)C(C(=O)NC1CC1)c1ccc(F)cc1. The van der Waals surface area contributed by atoms with Crippen molar-refractivity contribution in [2.45, 2.75) is 37.6 Å². The molecule has 0 saturated heterocycles. The number of carbonyl (C=O) groups excluding carboxylic acids is 1. The molecule has 2 aromatic rings. The maximum atomic E-state index is 13.3. The number of alkyl halides is 3. The lowest BCUT2D eigenvalue weighted by Gasteiger charge is -2.28. The number of hydrogen-bond acceptors (Lipinski definition) is 2. The minimum absolute atomic E-state index is 0.141. The highest BCUT2D eigenvalue weighted by Crippen LogP contribution is 2.31. The molecule has 0 heterocycles. The van der Waals surface area contributed by atoms with Crippen molar-refractivity contribution in [1.82, 2.24) is 10.2 Å². The first-order chi connectivity index (χ1) is 12.7. The van der Waals surface area contributed by atoms with Crippen LogP contribution >= 0.6 is 0 Å². The summed E-state index contributed by atoms with van der Waals surface area (Å²) in [6.07, 6.45) is -2.59. The summed E-state index contributed by atoms with van der Waals surface area (Å²) >= 11 is 0. The van der Waals surface area contributed by atoms with E-state index >= 15 is 0 Å². The number of hydrogen-bond donors (Lipinski definition) is 1. The lowest BCUT2D eigenvalue weighted by atomic mass is 10.0. The van der Waals surface area contributed by atoms with Gasteiger partial charge < -0.3 is 5.32 Å². The number of halogens is 4. The van der Waals surface area contributed by atoms with Crippen molar-refractivity contribution in [2.75, 3.05) is 7.05 Å². The predicted octanol–water partition coefficient (Wildman–Crippen LogP) is 4.30. The first kappa shape index (κ1) is 19.4. The third-order valence-corrected chi connectivity index (χ3v) is 4.48. The largest absolute Gasteiger partial charge is 0.416 e. The van der Waals surface area contributed by atoms with E-state index in [1.807, 2.05) is 0 Å². The summed E-state index contributed by atoms with van der Waals surface area (Å²) in [5.74, 6) is -0.654. The van der Waals surface area contributed by atoms with Gasteiger partial charge in [0, 0.05) is 12.6 Å². The maximum Gasteiger partial charge on any atom is 0.416 e. The fourth-order valence-corrected chi connectivity index (χ4v) is 2.98. The van der Waals surface area contributed by atoms with Gasteiger partial charge in [0.15, 0.2) is 0 Å². The van der Waals surface area contributed by atoms with Gasteiger partial charge in [-0.3, -0.25) is 9.69 Å². The van der Waals surface area contributed by atoms with Crippen molar-refractivity contribution in [3.8, 4) is 0 Å². The van der Waals surface area contributed by atoms with E-state index in [0.717, 1.165) is 25.0 Å². The van der Waals surface area contributed by atoms with Crippen LogP contribution < -0.4 is 5.32 Å². The van der Waals surface area contributed by atoms with Crippen LogP contribution in [0.2, 0.25) is 0 Å². The Morgan fingerprint density at radius 2 is 1.85 bits per heavy atom. The summed E-state index contributed by atoms with van der Waals surface area (Å²) in [5.41, 5.74) is 0.303. The Bertz CT molecular complexity index is 800. The molecule has 1 N–H and O–H groups in total. The van der Waals surface area contributed by atoms with Crippen LogP contribution in [0, 0.1) is 5.82 Å². The van der Waals surface area contributed by atoms with Crippen LogP contribution in [0.25, 0.3) is 0 Å². The molecule has 3 rings (SSSR count). The van der Waals surface area contributed by atoms with Gasteiger partial charge in [-0.15, -0.1) is 0 Å². The fraction of sp³-hybridized carbons (Fsp3) is 0.350. The van der Waals surface area contributed by atoms with Crippen molar-refractivity contribution in [3.63, 3.8) is 0 Å². The lowest BCUT2D eigenvalue weighted by molar-refractivity contribution is -0.137. The zero-order valence-electron chi connectivity index (χ0n) is 14.8. The summed E-state index contributed by atoms with van der Waals surface area (Å²) < 4.78 is 52.1. The van der Waals surface area contributed by atoms with Crippen LogP contribution in [-0.2, 0) is 17.5 Å². The van der Waals surface area contributed by atoms with Crippen molar-refractivity contribution < 1.29 is 22.4 Å². The maximum absolute atomic E-state index is 13.3. The van der Waals surface area contributed by atoms with E-state index in [4.69, 9.17) is 0 Å².